The summed E-state index contributed by atoms with van der Waals surface area (Å²) in [4.78, 5) is 2.27. The number of β-amino-alcohol motifs (C(OH)–C–C–N with tert-alkyl or cyclic N) is 1. The maximum atomic E-state index is 12.9. The maximum Gasteiger partial charge on any atom is 0.243 e. The molecule has 6 heteroatoms. The fourth-order valence-corrected chi connectivity index (χ4v) is 5.03. The number of aliphatic hydroxyl groups is 1. The Bertz CT molecular complexity index is 616. The van der Waals surface area contributed by atoms with E-state index < -0.39 is 15.6 Å². The molecule has 1 N–H and O–H groups in total. The third kappa shape index (κ3) is 3.68. The normalized spacial score (nSPS) is 23.9. The van der Waals surface area contributed by atoms with Crippen molar-refractivity contribution >= 4 is 10.0 Å². The second kappa shape index (κ2) is 6.66. The van der Waals surface area contributed by atoms with Gasteiger partial charge in [0.25, 0.3) is 0 Å². The van der Waals surface area contributed by atoms with Crippen LogP contribution in [0.1, 0.15) is 25.3 Å². The lowest BCUT2D eigenvalue weighted by Crippen LogP contribution is -2.54. The molecule has 1 heterocycles. The summed E-state index contributed by atoms with van der Waals surface area (Å²) in [6, 6.07) is 7.12. The van der Waals surface area contributed by atoms with Crippen LogP contribution in [-0.4, -0.2) is 62.1 Å². The second-order valence-corrected chi connectivity index (χ2v) is 8.27. The van der Waals surface area contributed by atoms with Crippen LogP contribution < -0.4 is 0 Å². The van der Waals surface area contributed by atoms with Gasteiger partial charge in [-0.2, -0.15) is 4.31 Å². The Morgan fingerprint density at radius 2 is 2.00 bits per heavy atom. The first-order valence-corrected chi connectivity index (χ1v) is 9.18. The van der Waals surface area contributed by atoms with Crippen LogP contribution in [0.15, 0.2) is 29.2 Å². The SMILES string of the molecule is CCc1ccccc1S(=O)(=O)N1CCCC(O)(CN(C)C)C1. The van der Waals surface area contributed by atoms with E-state index >= 15 is 0 Å². The van der Waals surface area contributed by atoms with Gasteiger partial charge < -0.3 is 10.0 Å². The zero-order chi connectivity index (χ0) is 16.4. The zero-order valence-electron chi connectivity index (χ0n) is 13.6. The molecule has 124 valence electrons. The van der Waals surface area contributed by atoms with Crippen LogP contribution in [0.3, 0.4) is 0 Å². The summed E-state index contributed by atoms with van der Waals surface area (Å²) in [6.07, 6.45) is 1.98. The van der Waals surface area contributed by atoms with Gasteiger partial charge in [0.15, 0.2) is 0 Å². The van der Waals surface area contributed by atoms with Gasteiger partial charge in [0, 0.05) is 19.6 Å². The molecular weight excluding hydrogens is 300 g/mol. The number of hydrogen-bond donors (Lipinski definition) is 1. The number of nitrogens with zero attached hydrogens (tertiary/aromatic N) is 2. The molecule has 0 spiro atoms. The number of piperidine rings is 1. The molecule has 5 nitrogen and oxygen atoms in total. The largest absolute Gasteiger partial charge is 0.387 e. The molecule has 2 rings (SSSR count). The molecule has 0 saturated carbocycles. The van der Waals surface area contributed by atoms with Crippen molar-refractivity contribution in [2.24, 2.45) is 0 Å². The van der Waals surface area contributed by atoms with E-state index in [9.17, 15) is 13.5 Å². The minimum atomic E-state index is -3.56. The van der Waals surface area contributed by atoms with Crippen LogP contribution in [0, 0.1) is 0 Å². The topological polar surface area (TPSA) is 60.9 Å². The molecule has 1 atom stereocenters. The van der Waals surface area contributed by atoms with E-state index in [2.05, 4.69) is 0 Å². The van der Waals surface area contributed by atoms with Crippen molar-refractivity contribution in [3.63, 3.8) is 0 Å². The standard InChI is InChI=1S/C16H26N2O3S/c1-4-14-8-5-6-9-15(14)22(20,21)18-11-7-10-16(19,13-18)12-17(2)3/h5-6,8-9,19H,4,7,10-13H2,1-3H3. The molecule has 1 aromatic rings. The number of rotatable bonds is 5. The Morgan fingerprint density at radius 3 is 2.64 bits per heavy atom. The van der Waals surface area contributed by atoms with Crippen molar-refractivity contribution in [3.05, 3.63) is 29.8 Å². The molecule has 0 radical (unpaired) electrons. The number of sulfonamides is 1. The number of hydrogen-bond acceptors (Lipinski definition) is 4. The van der Waals surface area contributed by atoms with E-state index in [1.54, 1.807) is 12.1 Å². The summed E-state index contributed by atoms with van der Waals surface area (Å²) in [5.74, 6) is 0. The Labute approximate surface area is 133 Å². The first kappa shape index (κ1) is 17.4. The smallest absolute Gasteiger partial charge is 0.243 e. The molecule has 0 aliphatic carbocycles. The average molecular weight is 326 g/mol. The first-order chi connectivity index (χ1) is 10.3. The van der Waals surface area contributed by atoms with E-state index in [-0.39, 0.29) is 6.54 Å². The molecule has 0 bridgehead atoms. The van der Waals surface area contributed by atoms with Gasteiger partial charge in [-0.1, -0.05) is 25.1 Å². The minimum absolute atomic E-state index is 0.158. The third-order valence-corrected chi connectivity index (χ3v) is 6.05. The second-order valence-electron chi connectivity index (χ2n) is 6.37. The maximum absolute atomic E-state index is 12.9. The summed E-state index contributed by atoms with van der Waals surface area (Å²) in [5, 5.41) is 10.7. The van der Waals surface area contributed by atoms with Gasteiger partial charge >= 0.3 is 0 Å². The highest BCUT2D eigenvalue weighted by Gasteiger charge is 2.39. The first-order valence-electron chi connectivity index (χ1n) is 7.74. The number of aryl methyl sites for hydroxylation is 1. The fraction of sp³-hybridized carbons (Fsp3) is 0.625. The fourth-order valence-electron chi connectivity index (χ4n) is 3.18. The Balaban J connectivity index is 2.29. The lowest BCUT2D eigenvalue weighted by Gasteiger charge is -2.40. The van der Waals surface area contributed by atoms with Crippen molar-refractivity contribution in [2.45, 2.75) is 36.7 Å². The summed E-state index contributed by atoms with van der Waals surface area (Å²) < 4.78 is 27.3. The van der Waals surface area contributed by atoms with E-state index in [1.807, 2.05) is 38.1 Å². The highest BCUT2D eigenvalue weighted by molar-refractivity contribution is 7.89. The van der Waals surface area contributed by atoms with E-state index in [1.165, 1.54) is 4.31 Å². The lowest BCUT2D eigenvalue weighted by molar-refractivity contribution is -0.0257. The summed E-state index contributed by atoms with van der Waals surface area (Å²) in [5.41, 5.74) is -0.153. The van der Waals surface area contributed by atoms with Crippen molar-refractivity contribution in [2.75, 3.05) is 33.7 Å². The molecule has 1 fully saturated rings. The molecule has 1 unspecified atom stereocenters. The quantitative estimate of drug-likeness (QED) is 0.887. The van der Waals surface area contributed by atoms with Crippen LogP contribution in [0.25, 0.3) is 0 Å². The van der Waals surface area contributed by atoms with Crippen LogP contribution in [0.2, 0.25) is 0 Å². The van der Waals surface area contributed by atoms with Crippen molar-refractivity contribution in [1.82, 2.24) is 9.21 Å². The summed E-state index contributed by atoms with van der Waals surface area (Å²) >= 11 is 0. The molecule has 1 aliphatic rings. The minimum Gasteiger partial charge on any atom is -0.387 e. The van der Waals surface area contributed by atoms with Crippen LogP contribution in [0.4, 0.5) is 0 Å². The Kier molecular flexibility index (Phi) is 5.27. The van der Waals surface area contributed by atoms with Gasteiger partial charge in [-0.25, -0.2) is 8.42 Å². The summed E-state index contributed by atoms with van der Waals surface area (Å²) in [6.45, 7) is 3.04. The highest BCUT2D eigenvalue weighted by Crippen LogP contribution is 2.28. The van der Waals surface area contributed by atoms with E-state index in [0.717, 1.165) is 5.56 Å². The lowest BCUT2D eigenvalue weighted by atomic mass is 9.94. The summed E-state index contributed by atoms with van der Waals surface area (Å²) in [7, 11) is 0.217. The van der Waals surface area contributed by atoms with Gasteiger partial charge in [0.05, 0.1) is 10.5 Å². The van der Waals surface area contributed by atoms with Crippen LogP contribution >= 0.6 is 0 Å². The Morgan fingerprint density at radius 1 is 1.32 bits per heavy atom. The molecule has 1 aliphatic heterocycles. The average Bonchev–Trinajstić information content (AvgIpc) is 2.45. The molecular formula is C16H26N2O3S. The van der Waals surface area contributed by atoms with Crippen molar-refractivity contribution in [3.8, 4) is 0 Å². The predicted molar refractivity (Wildman–Crippen MR) is 87.3 cm³/mol. The molecule has 0 aromatic heterocycles. The number of likely N-dealkylation sites (N-methyl/N-ethyl adjacent to an activating group) is 1. The van der Waals surface area contributed by atoms with Gasteiger partial charge in [-0.15, -0.1) is 0 Å². The molecule has 0 amide bonds. The molecule has 22 heavy (non-hydrogen) atoms. The van der Waals surface area contributed by atoms with E-state index in [0.29, 0.717) is 37.2 Å². The Hall–Kier alpha value is -0.950. The monoisotopic (exact) mass is 326 g/mol. The van der Waals surface area contributed by atoms with Crippen molar-refractivity contribution in [1.29, 1.82) is 0 Å². The molecule has 1 saturated heterocycles. The highest BCUT2D eigenvalue weighted by atomic mass is 32.2. The predicted octanol–water partition coefficient (Wildman–Crippen LogP) is 1.33. The number of benzene rings is 1. The van der Waals surface area contributed by atoms with Gasteiger partial charge in [-0.3, -0.25) is 0 Å². The van der Waals surface area contributed by atoms with Crippen molar-refractivity contribution < 1.29 is 13.5 Å². The zero-order valence-corrected chi connectivity index (χ0v) is 14.4. The van der Waals surface area contributed by atoms with E-state index in [4.69, 9.17) is 0 Å². The van der Waals surface area contributed by atoms with Crippen LogP contribution in [-0.2, 0) is 16.4 Å². The van der Waals surface area contributed by atoms with Crippen LogP contribution in [0.5, 0.6) is 0 Å². The molecule has 1 aromatic carbocycles. The van der Waals surface area contributed by atoms with Gasteiger partial charge in [0.1, 0.15) is 0 Å². The third-order valence-electron chi connectivity index (χ3n) is 4.10. The van der Waals surface area contributed by atoms with Gasteiger partial charge in [-0.05, 0) is 45.0 Å². The van der Waals surface area contributed by atoms with Gasteiger partial charge in [0.2, 0.25) is 10.0 Å².